The summed E-state index contributed by atoms with van der Waals surface area (Å²) >= 11 is 0. The summed E-state index contributed by atoms with van der Waals surface area (Å²) in [6, 6.07) is 2.26. The minimum atomic E-state index is -0.920. The minimum Gasteiger partial charge on any atom is -0.462 e. The van der Waals surface area contributed by atoms with Crippen LogP contribution in [0.25, 0.3) is 0 Å². The number of esters is 1. The molecule has 0 aliphatic heterocycles. The molecular formula is C12H16FN3O4. The normalized spacial score (nSPS) is 9.90. The summed E-state index contributed by atoms with van der Waals surface area (Å²) in [5.74, 6) is -1.27. The fourth-order valence-electron chi connectivity index (χ4n) is 1.45. The Bertz CT molecular complexity index is 508. The van der Waals surface area contributed by atoms with Crippen LogP contribution in [0, 0.1) is 5.82 Å². The van der Waals surface area contributed by atoms with Gasteiger partial charge in [0.2, 0.25) is 0 Å². The van der Waals surface area contributed by atoms with E-state index in [4.69, 9.17) is 16.2 Å². The first-order valence-electron chi connectivity index (χ1n) is 5.88. The summed E-state index contributed by atoms with van der Waals surface area (Å²) in [5.41, 5.74) is 10.4. The SMILES string of the molecule is CCOC(=O)c1cc(NCCOC(N)=O)c(F)cc1N. The molecule has 1 aromatic carbocycles. The zero-order chi connectivity index (χ0) is 15.1. The number of nitrogen functional groups attached to an aromatic ring is 1. The zero-order valence-corrected chi connectivity index (χ0v) is 10.9. The number of ether oxygens (including phenoxy) is 2. The molecule has 0 radical (unpaired) electrons. The molecule has 0 aromatic heterocycles. The van der Waals surface area contributed by atoms with Gasteiger partial charge in [0.25, 0.3) is 0 Å². The van der Waals surface area contributed by atoms with E-state index in [9.17, 15) is 14.0 Å². The zero-order valence-electron chi connectivity index (χ0n) is 10.9. The fraction of sp³-hybridized carbons (Fsp3) is 0.333. The molecule has 0 spiro atoms. The molecular weight excluding hydrogens is 269 g/mol. The highest BCUT2D eigenvalue weighted by molar-refractivity contribution is 5.96. The number of hydrogen-bond donors (Lipinski definition) is 3. The molecule has 0 atom stereocenters. The quantitative estimate of drug-likeness (QED) is 0.409. The van der Waals surface area contributed by atoms with Crippen LogP contribution in [0.3, 0.4) is 0 Å². The van der Waals surface area contributed by atoms with Crippen molar-refractivity contribution in [2.75, 3.05) is 30.8 Å². The molecule has 0 bridgehead atoms. The summed E-state index contributed by atoms with van der Waals surface area (Å²) < 4.78 is 22.9. The summed E-state index contributed by atoms with van der Waals surface area (Å²) in [5, 5.41) is 2.66. The van der Waals surface area contributed by atoms with Crippen LogP contribution >= 0.6 is 0 Å². The molecule has 0 heterocycles. The van der Waals surface area contributed by atoms with Gasteiger partial charge < -0.3 is 26.3 Å². The lowest BCUT2D eigenvalue weighted by atomic mass is 10.1. The Balaban J connectivity index is 2.78. The van der Waals surface area contributed by atoms with Crippen molar-refractivity contribution >= 4 is 23.4 Å². The monoisotopic (exact) mass is 285 g/mol. The summed E-state index contributed by atoms with van der Waals surface area (Å²) in [7, 11) is 0. The van der Waals surface area contributed by atoms with Crippen LogP contribution in [0.15, 0.2) is 12.1 Å². The molecule has 0 saturated heterocycles. The smallest absolute Gasteiger partial charge is 0.404 e. The molecule has 110 valence electrons. The number of primary amides is 1. The molecule has 7 nitrogen and oxygen atoms in total. The van der Waals surface area contributed by atoms with Gasteiger partial charge in [0.15, 0.2) is 0 Å². The van der Waals surface area contributed by atoms with Crippen molar-refractivity contribution in [2.24, 2.45) is 5.73 Å². The van der Waals surface area contributed by atoms with Crippen molar-refractivity contribution < 1.29 is 23.5 Å². The van der Waals surface area contributed by atoms with Crippen LogP contribution in [-0.4, -0.2) is 31.8 Å². The number of rotatable bonds is 6. The van der Waals surface area contributed by atoms with Crippen molar-refractivity contribution in [3.63, 3.8) is 0 Å². The van der Waals surface area contributed by atoms with Gasteiger partial charge in [0, 0.05) is 12.2 Å². The van der Waals surface area contributed by atoms with Gasteiger partial charge in [-0.2, -0.15) is 0 Å². The third-order valence-corrected chi connectivity index (χ3v) is 2.30. The summed E-state index contributed by atoms with van der Waals surface area (Å²) in [6.45, 7) is 1.93. The number of nitrogens with one attached hydrogen (secondary N) is 1. The van der Waals surface area contributed by atoms with Gasteiger partial charge in [-0.3, -0.25) is 0 Å². The second-order valence-corrected chi connectivity index (χ2v) is 3.73. The molecule has 0 aliphatic carbocycles. The fourth-order valence-corrected chi connectivity index (χ4v) is 1.45. The molecule has 0 aliphatic rings. The largest absolute Gasteiger partial charge is 0.462 e. The van der Waals surface area contributed by atoms with Crippen LogP contribution in [0.5, 0.6) is 0 Å². The van der Waals surface area contributed by atoms with Gasteiger partial charge in [-0.1, -0.05) is 0 Å². The number of carbonyl (C=O) groups excluding carboxylic acids is 2. The maximum atomic E-state index is 13.6. The Labute approximate surface area is 115 Å². The van der Waals surface area contributed by atoms with E-state index in [0.717, 1.165) is 6.07 Å². The highest BCUT2D eigenvalue weighted by atomic mass is 19.1. The highest BCUT2D eigenvalue weighted by Crippen LogP contribution is 2.22. The topological polar surface area (TPSA) is 117 Å². The van der Waals surface area contributed by atoms with Gasteiger partial charge in [0.05, 0.1) is 17.9 Å². The number of carbonyl (C=O) groups is 2. The average Bonchev–Trinajstić information content (AvgIpc) is 2.36. The molecule has 5 N–H and O–H groups in total. The van der Waals surface area contributed by atoms with Gasteiger partial charge in [0.1, 0.15) is 12.4 Å². The second-order valence-electron chi connectivity index (χ2n) is 3.73. The number of amides is 1. The third kappa shape index (κ3) is 4.30. The Morgan fingerprint density at radius 2 is 2.05 bits per heavy atom. The minimum absolute atomic E-state index is 0.0140. The van der Waals surface area contributed by atoms with Crippen molar-refractivity contribution in [1.29, 1.82) is 0 Å². The van der Waals surface area contributed by atoms with Gasteiger partial charge in [-0.25, -0.2) is 14.0 Å². The van der Waals surface area contributed by atoms with Gasteiger partial charge in [-0.15, -0.1) is 0 Å². The van der Waals surface area contributed by atoms with Crippen molar-refractivity contribution in [3.8, 4) is 0 Å². The van der Waals surface area contributed by atoms with Crippen LogP contribution in [0.4, 0.5) is 20.6 Å². The lowest BCUT2D eigenvalue weighted by Crippen LogP contribution is -2.19. The predicted octanol–water partition coefficient (Wildman–Crippen LogP) is 1.09. The molecule has 20 heavy (non-hydrogen) atoms. The predicted molar refractivity (Wildman–Crippen MR) is 70.8 cm³/mol. The van der Waals surface area contributed by atoms with E-state index in [-0.39, 0.29) is 36.7 Å². The Hall–Kier alpha value is -2.51. The lowest BCUT2D eigenvalue weighted by molar-refractivity contribution is 0.0527. The van der Waals surface area contributed by atoms with E-state index in [1.165, 1.54) is 6.07 Å². The van der Waals surface area contributed by atoms with Crippen molar-refractivity contribution in [2.45, 2.75) is 6.92 Å². The Morgan fingerprint density at radius 3 is 2.65 bits per heavy atom. The molecule has 1 rings (SSSR count). The summed E-state index contributed by atoms with van der Waals surface area (Å²) in [6.07, 6.45) is -0.920. The standard InChI is InChI=1S/C12H16FN3O4/c1-2-19-11(17)7-5-10(8(13)6-9(7)14)16-3-4-20-12(15)18/h5-6,16H,2-4,14H2,1H3,(H2,15,18). The first-order valence-corrected chi connectivity index (χ1v) is 5.88. The summed E-state index contributed by atoms with van der Waals surface area (Å²) in [4.78, 5) is 22.0. The van der Waals surface area contributed by atoms with E-state index in [2.05, 4.69) is 10.1 Å². The van der Waals surface area contributed by atoms with E-state index < -0.39 is 17.9 Å². The van der Waals surface area contributed by atoms with E-state index in [1.807, 2.05) is 0 Å². The first-order chi connectivity index (χ1) is 9.45. The average molecular weight is 285 g/mol. The van der Waals surface area contributed by atoms with Gasteiger partial charge >= 0.3 is 12.1 Å². The van der Waals surface area contributed by atoms with Crippen LogP contribution in [0.2, 0.25) is 0 Å². The van der Waals surface area contributed by atoms with Crippen LogP contribution in [0.1, 0.15) is 17.3 Å². The molecule has 0 unspecified atom stereocenters. The maximum absolute atomic E-state index is 13.6. The molecule has 1 aromatic rings. The molecule has 0 saturated carbocycles. The highest BCUT2D eigenvalue weighted by Gasteiger charge is 2.15. The number of nitrogens with two attached hydrogens (primary N) is 2. The molecule has 1 amide bonds. The third-order valence-electron chi connectivity index (χ3n) is 2.30. The van der Waals surface area contributed by atoms with E-state index in [1.54, 1.807) is 6.92 Å². The number of benzene rings is 1. The lowest BCUT2D eigenvalue weighted by Gasteiger charge is -2.11. The number of halogens is 1. The Kier molecular flexibility index (Phi) is 5.57. The molecule has 8 heteroatoms. The van der Waals surface area contributed by atoms with Crippen molar-refractivity contribution in [3.05, 3.63) is 23.5 Å². The van der Waals surface area contributed by atoms with Crippen molar-refractivity contribution in [1.82, 2.24) is 0 Å². The first kappa shape index (κ1) is 15.5. The number of anilines is 2. The van der Waals surface area contributed by atoms with E-state index in [0.29, 0.717) is 0 Å². The van der Waals surface area contributed by atoms with Gasteiger partial charge in [-0.05, 0) is 19.1 Å². The second kappa shape index (κ2) is 7.17. The maximum Gasteiger partial charge on any atom is 0.404 e. The molecule has 0 fully saturated rings. The van der Waals surface area contributed by atoms with Crippen LogP contribution in [-0.2, 0) is 9.47 Å². The number of hydrogen-bond acceptors (Lipinski definition) is 6. The van der Waals surface area contributed by atoms with E-state index >= 15 is 0 Å². The Morgan fingerprint density at radius 1 is 1.35 bits per heavy atom. The van der Waals surface area contributed by atoms with Crippen LogP contribution < -0.4 is 16.8 Å².